The summed E-state index contributed by atoms with van der Waals surface area (Å²) in [6.45, 7) is 6.67. The van der Waals surface area contributed by atoms with E-state index in [2.05, 4.69) is 40.0 Å². The molecule has 0 aliphatic carbocycles. The van der Waals surface area contributed by atoms with Crippen LogP contribution in [0.1, 0.15) is 31.0 Å². The van der Waals surface area contributed by atoms with Gasteiger partial charge in [-0.05, 0) is 56.5 Å². The second-order valence-electron chi connectivity index (χ2n) is 7.83. The molecule has 4 rings (SSSR count). The first-order chi connectivity index (χ1) is 14.1. The number of rotatable bonds is 5. The summed E-state index contributed by atoms with van der Waals surface area (Å²) in [5.41, 5.74) is 4.51. The standard InChI is InChI=1S/C24H28N4O/c1-18-17-27(23-11-6-13-25-19(23)2)15-16-28(18)24(29)12-4-8-20-7-3-10-22-21(20)9-5-14-26-22/h3,5-7,9-11,13-14,18H,4,8,12,15-17H2,1-2H3/t18-/m0/s1. The molecule has 1 fully saturated rings. The number of fused-ring (bicyclic) bond motifs is 1. The number of pyridine rings is 2. The van der Waals surface area contributed by atoms with Crippen molar-refractivity contribution < 1.29 is 4.79 Å². The van der Waals surface area contributed by atoms with Gasteiger partial charge in [0.25, 0.3) is 0 Å². The second kappa shape index (κ2) is 8.60. The Labute approximate surface area is 172 Å². The van der Waals surface area contributed by atoms with Gasteiger partial charge >= 0.3 is 0 Å². The van der Waals surface area contributed by atoms with E-state index in [9.17, 15) is 4.79 Å². The minimum atomic E-state index is 0.206. The van der Waals surface area contributed by atoms with Crippen LogP contribution in [0.4, 0.5) is 5.69 Å². The highest BCUT2D eigenvalue weighted by atomic mass is 16.2. The highest BCUT2D eigenvalue weighted by Crippen LogP contribution is 2.23. The monoisotopic (exact) mass is 388 g/mol. The molecule has 1 amide bonds. The molecule has 0 bridgehead atoms. The van der Waals surface area contributed by atoms with Crippen LogP contribution in [-0.4, -0.2) is 46.5 Å². The summed E-state index contributed by atoms with van der Waals surface area (Å²) in [6, 6.07) is 14.6. The Balaban J connectivity index is 1.33. The predicted molar refractivity (Wildman–Crippen MR) is 117 cm³/mol. The molecule has 1 aliphatic rings. The first-order valence-corrected chi connectivity index (χ1v) is 10.4. The molecule has 0 saturated carbocycles. The van der Waals surface area contributed by atoms with Gasteiger partial charge < -0.3 is 9.80 Å². The normalized spacial score (nSPS) is 17.0. The minimum absolute atomic E-state index is 0.206. The lowest BCUT2D eigenvalue weighted by molar-refractivity contribution is -0.133. The van der Waals surface area contributed by atoms with E-state index >= 15 is 0 Å². The number of hydrogen-bond acceptors (Lipinski definition) is 4. The van der Waals surface area contributed by atoms with E-state index in [-0.39, 0.29) is 11.9 Å². The van der Waals surface area contributed by atoms with Gasteiger partial charge in [0.2, 0.25) is 5.91 Å². The Morgan fingerprint density at radius 1 is 1.07 bits per heavy atom. The van der Waals surface area contributed by atoms with Crippen LogP contribution in [0.5, 0.6) is 0 Å². The zero-order valence-electron chi connectivity index (χ0n) is 17.2. The molecule has 1 aliphatic heterocycles. The fraction of sp³-hybridized carbons (Fsp3) is 0.375. The number of benzene rings is 1. The molecule has 0 N–H and O–H groups in total. The van der Waals surface area contributed by atoms with Gasteiger partial charge in [-0.15, -0.1) is 0 Å². The Kier molecular flexibility index (Phi) is 5.74. The van der Waals surface area contributed by atoms with Crippen LogP contribution >= 0.6 is 0 Å². The fourth-order valence-corrected chi connectivity index (χ4v) is 4.32. The Morgan fingerprint density at radius 2 is 1.90 bits per heavy atom. The third kappa shape index (κ3) is 4.24. The van der Waals surface area contributed by atoms with E-state index in [1.54, 1.807) is 0 Å². The second-order valence-corrected chi connectivity index (χ2v) is 7.83. The number of carbonyl (C=O) groups is 1. The van der Waals surface area contributed by atoms with Crippen molar-refractivity contribution >= 4 is 22.5 Å². The molecule has 0 spiro atoms. The van der Waals surface area contributed by atoms with Crippen molar-refractivity contribution in [2.75, 3.05) is 24.5 Å². The lowest BCUT2D eigenvalue weighted by Gasteiger charge is -2.41. The molecule has 1 atom stereocenters. The van der Waals surface area contributed by atoms with Crippen LogP contribution in [0, 0.1) is 6.92 Å². The fourth-order valence-electron chi connectivity index (χ4n) is 4.32. The van der Waals surface area contributed by atoms with Crippen LogP contribution in [0.15, 0.2) is 54.9 Å². The molecule has 5 nitrogen and oxygen atoms in total. The van der Waals surface area contributed by atoms with Crippen molar-refractivity contribution in [1.29, 1.82) is 0 Å². The van der Waals surface area contributed by atoms with Crippen LogP contribution in [0.3, 0.4) is 0 Å². The molecule has 0 radical (unpaired) electrons. The average Bonchev–Trinajstić information content (AvgIpc) is 2.74. The summed E-state index contributed by atoms with van der Waals surface area (Å²) < 4.78 is 0. The van der Waals surface area contributed by atoms with Crippen LogP contribution in [-0.2, 0) is 11.2 Å². The number of aromatic nitrogens is 2. The average molecular weight is 389 g/mol. The van der Waals surface area contributed by atoms with Gasteiger partial charge in [0.15, 0.2) is 0 Å². The predicted octanol–water partition coefficient (Wildman–Crippen LogP) is 4.00. The zero-order valence-corrected chi connectivity index (χ0v) is 17.2. The molecule has 3 aromatic rings. The van der Waals surface area contributed by atoms with Gasteiger partial charge in [-0.3, -0.25) is 14.8 Å². The van der Waals surface area contributed by atoms with Gasteiger partial charge in [0.05, 0.1) is 16.9 Å². The third-order valence-corrected chi connectivity index (χ3v) is 5.84. The topological polar surface area (TPSA) is 49.3 Å². The molecule has 29 heavy (non-hydrogen) atoms. The third-order valence-electron chi connectivity index (χ3n) is 5.84. The van der Waals surface area contributed by atoms with Crippen LogP contribution in [0.25, 0.3) is 10.9 Å². The zero-order chi connectivity index (χ0) is 20.2. The largest absolute Gasteiger partial charge is 0.366 e. The molecule has 150 valence electrons. The molecule has 3 heterocycles. The van der Waals surface area contributed by atoms with E-state index in [1.807, 2.05) is 48.5 Å². The van der Waals surface area contributed by atoms with Crippen molar-refractivity contribution in [3.8, 4) is 0 Å². The van der Waals surface area contributed by atoms with E-state index in [0.29, 0.717) is 6.42 Å². The summed E-state index contributed by atoms with van der Waals surface area (Å²) in [6.07, 6.45) is 6.00. The highest BCUT2D eigenvalue weighted by molar-refractivity contribution is 5.82. The van der Waals surface area contributed by atoms with Crippen molar-refractivity contribution in [2.45, 2.75) is 39.2 Å². The minimum Gasteiger partial charge on any atom is -0.366 e. The van der Waals surface area contributed by atoms with Gasteiger partial charge in [-0.2, -0.15) is 0 Å². The maximum absolute atomic E-state index is 12.9. The van der Waals surface area contributed by atoms with E-state index in [0.717, 1.165) is 43.7 Å². The van der Waals surface area contributed by atoms with Crippen LogP contribution < -0.4 is 4.90 Å². The number of carbonyl (C=O) groups excluding carboxylic acids is 1. The maximum Gasteiger partial charge on any atom is 0.222 e. The van der Waals surface area contributed by atoms with E-state index < -0.39 is 0 Å². The number of hydrogen-bond donors (Lipinski definition) is 0. The molecule has 5 heteroatoms. The SMILES string of the molecule is Cc1ncccc1N1CCN(C(=O)CCCc2cccc3ncccc23)[C@@H](C)C1. The van der Waals surface area contributed by atoms with E-state index in [4.69, 9.17) is 0 Å². The van der Waals surface area contributed by atoms with Crippen molar-refractivity contribution in [1.82, 2.24) is 14.9 Å². The Morgan fingerprint density at radius 3 is 2.72 bits per heavy atom. The lowest BCUT2D eigenvalue weighted by Crippen LogP contribution is -2.54. The maximum atomic E-state index is 12.9. The lowest BCUT2D eigenvalue weighted by atomic mass is 10.0. The molecule has 2 aromatic heterocycles. The molecular weight excluding hydrogens is 360 g/mol. The summed E-state index contributed by atoms with van der Waals surface area (Å²) in [5.74, 6) is 0.262. The summed E-state index contributed by atoms with van der Waals surface area (Å²) in [5, 5.41) is 1.19. The van der Waals surface area contributed by atoms with Crippen molar-refractivity contribution in [3.05, 3.63) is 66.1 Å². The number of aryl methyl sites for hydroxylation is 2. The van der Waals surface area contributed by atoms with E-state index in [1.165, 1.54) is 16.6 Å². The summed E-state index contributed by atoms with van der Waals surface area (Å²) in [7, 11) is 0. The number of piperazine rings is 1. The number of anilines is 1. The van der Waals surface area contributed by atoms with Crippen LogP contribution in [0.2, 0.25) is 0 Å². The molecule has 1 aromatic carbocycles. The van der Waals surface area contributed by atoms with Gasteiger partial charge in [-0.1, -0.05) is 18.2 Å². The quantitative estimate of drug-likeness (QED) is 0.663. The first kappa shape index (κ1) is 19.4. The highest BCUT2D eigenvalue weighted by Gasteiger charge is 2.27. The number of nitrogens with zero attached hydrogens (tertiary/aromatic N) is 4. The Bertz CT molecular complexity index is 998. The summed E-state index contributed by atoms with van der Waals surface area (Å²) in [4.78, 5) is 26.1. The number of amides is 1. The summed E-state index contributed by atoms with van der Waals surface area (Å²) >= 11 is 0. The smallest absolute Gasteiger partial charge is 0.222 e. The van der Waals surface area contributed by atoms with Crippen molar-refractivity contribution in [2.24, 2.45) is 0 Å². The molecule has 0 unspecified atom stereocenters. The first-order valence-electron chi connectivity index (χ1n) is 10.4. The van der Waals surface area contributed by atoms with Gasteiger partial charge in [0, 0.05) is 49.9 Å². The van der Waals surface area contributed by atoms with Crippen molar-refractivity contribution in [3.63, 3.8) is 0 Å². The van der Waals surface area contributed by atoms with Gasteiger partial charge in [0.1, 0.15) is 0 Å². The molecular formula is C24H28N4O. The van der Waals surface area contributed by atoms with Gasteiger partial charge in [-0.25, -0.2) is 0 Å². The molecule has 1 saturated heterocycles. The Hall–Kier alpha value is -2.95.